The highest BCUT2D eigenvalue weighted by molar-refractivity contribution is 5.98. The van der Waals surface area contributed by atoms with Gasteiger partial charge in [0.1, 0.15) is 11.5 Å². The van der Waals surface area contributed by atoms with Gasteiger partial charge in [-0.25, -0.2) is 4.79 Å². The monoisotopic (exact) mass is 478 g/mol. The first-order valence-electron chi connectivity index (χ1n) is 13.2. The van der Waals surface area contributed by atoms with Crippen molar-refractivity contribution in [3.63, 3.8) is 0 Å². The Kier molecular flexibility index (Phi) is 4.57. The van der Waals surface area contributed by atoms with E-state index in [4.69, 9.17) is 9.47 Å². The van der Waals surface area contributed by atoms with Crippen LogP contribution in [0.2, 0.25) is 0 Å². The van der Waals surface area contributed by atoms with Gasteiger partial charge in [-0.05, 0) is 75.9 Å². The Labute approximate surface area is 211 Å². The summed E-state index contributed by atoms with van der Waals surface area (Å²) in [7, 11) is 0. The van der Waals surface area contributed by atoms with Gasteiger partial charge in [0.15, 0.2) is 5.60 Å². The molecule has 3 aliphatic rings. The topological polar surface area (TPSA) is 43.7 Å². The zero-order chi connectivity index (χ0) is 24.6. The van der Waals surface area contributed by atoms with Crippen molar-refractivity contribution >= 4 is 22.6 Å². The maximum atomic E-state index is 13.3. The van der Waals surface area contributed by atoms with Crippen molar-refractivity contribution in [2.75, 3.05) is 18.0 Å². The quantitative estimate of drug-likeness (QED) is 0.312. The summed E-state index contributed by atoms with van der Waals surface area (Å²) in [6.07, 6.45) is 3.41. The van der Waals surface area contributed by atoms with Gasteiger partial charge in [0.25, 0.3) is 0 Å². The Balaban J connectivity index is 1.55. The van der Waals surface area contributed by atoms with E-state index < -0.39 is 5.60 Å². The van der Waals surface area contributed by atoms with E-state index in [0.29, 0.717) is 5.56 Å². The van der Waals surface area contributed by atoms with Crippen LogP contribution in [-0.2, 0) is 29.7 Å². The molecule has 5 heteroatoms. The van der Waals surface area contributed by atoms with Crippen LogP contribution in [0.15, 0.2) is 54.6 Å². The lowest BCUT2D eigenvalue weighted by Gasteiger charge is -2.37. The lowest BCUT2D eigenvalue weighted by Crippen LogP contribution is -2.33. The molecule has 0 radical (unpaired) electrons. The highest BCUT2D eigenvalue weighted by Gasteiger charge is 2.53. The van der Waals surface area contributed by atoms with Crippen LogP contribution in [0.4, 0.5) is 5.69 Å². The van der Waals surface area contributed by atoms with E-state index >= 15 is 0 Å². The molecule has 7 rings (SSSR count). The van der Waals surface area contributed by atoms with Gasteiger partial charge in [-0.2, -0.15) is 0 Å². The second-order valence-electron chi connectivity index (χ2n) is 9.96. The number of aryl methyl sites for hydroxylation is 2. The molecule has 0 fully saturated rings. The van der Waals surface area contributed by atoms with Gasteiger partial charge in [-0.15, -0.1) is 0 Å². The fourth-order valence-corrected chi connectivity index (χ4v) is 6.77. The summed E-state index contributed by atoms with van der Waals surface area (Å²) < 4.78 is 15.5. The number of carbonyl (C=O) groups is 1. The summed E-state index contributed by atoms with van der Waals surface area (Å²) in [4.78, 5) is 15.6. The molecule has 3 aromatic carbocycles. The maximum Gasteiger partial charge on any atom is 0.340 e. The Morgan fingerprint density at radius 3 is 2.53 bits per heavy atom. The smallest absolute Gasteiger partial charge is 0.340 e. The summed E-state index contributed by atoms with van der Waals surface area (Å²) in [5, 5.41) is 1.26. The molecule has 3 heterocycles. The first-order valence-corrected chi connectivity index (χ1v) is 13.2. The largest absolute Gasteiger partial charge is 0.456 e. The molecule has 0 amide bonds. The average Bonchev–Trinajstić information content (AvgIpc) is 3.57. The molecule has 0 bridgehead atoms. The molecule has 2 aliphatic heterocycles. The predicted octanol–water partition coefficient (Wildman–Crippen LogP) is 6.56. The number of benzene rings is 3. The van der Waals surface area contributed by atoms with E-state index in [1.165, 1.54) is 28.6 Å². The molecule has 1 spiro atoms. The van der Waals surface area contributed by atoms with Crippen LogP contribution < -0.4 is 9.64 Å². The summed E-state index contributed by atoms with van der Waals surface area (Å²) in [6.45, 7) is 9.26. The van der Waals surface area contributed by atoms with Gasteiger partial charge in [-0.1, -0.05) is 18.2 Å². The standard InChI is InChI=1S/C31H30N2O3/c1-4-32(5-2)19-14-15-24-28(16-19)35-29-17-22-20-11-9-13-26(20)33(6-3)27(22)18-25(29)31(24)23-12-8-7-10-21(23)30(34)36-31/h7-8,10,12,14-18H,4-6,9,11,13H2,1-3H3. The molecule has 1 unspecified atom stereocenters. The molecule has 4 aromatic rings. The highest BCUT2D eigenvalue weighted by atomic mass is 16.6. The number of esters is 1. The number of hydrogen-bond acceptors (Lipinski definition) is 4. The van der Waals surface area contributed by atoms with E-state index in [2.05, 4.69) is 60.6 Å². The zero-order valence-electron chi connectivity index (χ0n) is 21.1. The first-order chi connectivity index (χ1) is 17.6. The third-order valence-corrected chi connectivity index (χ3v) is 8.39. The third kappa shape index (κ3) is 2.63. The van der Waals surface area contributed by atoms with Gasteiger partial charge in [0.05, 0.1) is 5.56 Å². The van der Waals surface area contributed by atoms with Crippen LogP contribution in [-0.4, -0.2) is 23.6 Å². The minimum Gasteiger partial charge on any atom is -0.456 e. The van der Waals surface area contributed by atoms with Crippen LogP contribution >= 0.6 is 0 Å². The maximum absolute atomic E-state index is 13.3. The molecule has 0 N–H and O–H groups in total. The van der Waals surface area contributed by atoms with Crippen LogP contribution in [0.3, 0.4) is 0 Å². The minimum atomic E-state index is -1.03. The van der Waals surface area contributed by atoms with Gasteiger partial charge < -0.3 is 18.9 Å². The number of ether oxygens (including phenoxy) is 2. The molecule has 0 saturated heterocycles. The molecule has 36 heavy (non-hydrogen) atoms. The Morgan fingerprint density at radius 2 is 1.72 bits per heavy atom. The van der Waals surface area contributed by atoms with E-state index in [1.807, 2.05) is 24.3 Å². The van der Waals surface area contributed by atoms with Gasteiger partial charge in [-0.3, -0.25) is 0 Å². The summed E-state index contributed by atoms with van der Waals surface area (Å²) in [5.74, 6) is 1.24. The lowest BCUT2D eigenvalue weighted by atomic mass is 9.77. The van der Waals surface area contributed by atoms with E-state index in [0.717, 1.165) is 66.4 Å². The van der Waals surface area contributed by atoms with Crippen molar-refractivity contribution in [1.29, 1.82) is 0 Å². The highest BCUT2D eigenvalue weighted by Crippen LogP contribution is 2.57. The lowest BCUT2D eigenvalue weighted by molar-refractivity contribution is 0.0225. The zero-order valence-corrected chi connectivity index (χ0v) is 21.1. The molecule has 1 atom stereocenters. The van der Waals surface area contributed by atoms with Crippen molar-refractivity contribution in [3.05, 3.63) is 88.1 Å². The Bertz CT molecular complexity index is 1560. The molecule has 0 saturated carbocycles. The molecule has 5 nitrogen and oxygen atoms in total. The summed E-state index contributed by atoms with van der Waals surface area (Å²) in [5.41, 5.74) is 7.46. The van der Waals surface area contributed by atoms with Crippen molar-refractivity contribution in [1.82, 2.24) is 4.57 Å². The number of anilines is 1. The van der Waals surface area contributed by atoms with Crippen molar-refractivity contribution in [3.8, 4) is 11.5 Å². The number of nitrogens with zero attached hydrogens (tertiary/aromatic N) is 2. The van der Waals surface area contributed by atoms with Crippen molar-refractivity contribution < 1.29 is 14.3 Å². The first kappa shape index (κ1) is 21.5. The Hall–Kier alpha value is -3.73. The number of rotatable bonds is 4. The summed E-state index contributed by atoms with van der Waals surface area (Å²) >= 11 is 0. The summed E-state index contributed by atoms with van der Waals surface area (Å²) in [6, 6.07) is 18.5. The number of fused-ring (bicyclic) bond motifs is 9. The SMILES string of the molecule is CCN(CC)c1ccc2c(c1)Oc1cc3c4c(n(CC)c3cc1C21OC(=O)c2ccccc21)CCC4. The number of hydrogen-bond donors (Lipinski definition) is 0. The van der Waals surface area contributed by atoms with Crippen LogP contribution in [0.5, 0.6) is 11.5 Å². The van der Waals surface area contributed by atoms with Gasteiger partial charge in [0, 0.05) is 64.7 Å². The normalized spacial score (nSPS) is 19.0. The van der Waals surface area contributed by atoms with Crippen molar-refractivity contribution in [2.24, 2.45) is 0 Å². The average molecular weight is 479 g/mol. The fourth-order valence-electron chi connectivity index (χ4n) is 6.77. The third-order valence-electron chi connectivity index (χ3n) is 8.39. The fraction of sp³-hybridized carbons (Fsp3) is 0.323. The van der Waals surface area contributed by atoms with Crippen LogP contribution in [0, 0.1) is 0 Å². The molecule has 1 aromatic heterocycles. The number of carbonyl (C=O) groups excluding carboxylic acids is 1. The van der Waals surface area contributed by atoms with E-state index in [1.54, 1.807) is 0 Å². The van der Waals surface area contributed by atoms with Gasteiger partial charge in [0.2, 0.25) is 0 Å². The second kappa shape index (κ2) is 7.63. The second-order valence-corrected chi connectivity index (χ2v) is 9.96. The van der Waals surface area contributed by atoms with Crippen molar-refractivity contribution in [2.45, 2.75) is 52.2 Å². The van der Waals surface area contributed by atoms with Gasteiger partial charge >= 0.3 is 5.97 Å². The van der Waals surface area contributed by atoms with Crippen LogP contribution in [0.25, 0.3) is 10.9 Å². The predicted molar refractivity (Wildman–Crippen MR) is 141 cm³/mol. The molecular weight excluding hydrogens is 448 g/mol. The molecule has 182 valence electrons. The van der Waals surface area contributed by atoms with E-state index in [-0.39, 0.29) is 5.97 Å². The van der Waals surface area contributed by atoms with Crippen LogP contribution in [0.1, 0.15) is 65.5 Å². The molecule has 1 aliphatic carbocycles. The minimum absolute atomic E-state index is 0.286. The molecular formula is C31H30N2O3. The Morgan fingerprint density at radius 1 is 0.917 bits per heavy atom. The van der Waals surface area contributed by atoms with E-state index in [9.17, 15) is 4.79 Å². The number of aromatic nitrogens is 1.